The van der Waals surface area contributed by atoms with Crippen LogP contribution in [-0.4, -0.2) is 37.7 Å². The van der Waals surface area contributed by atoms with E-state index in [9.17, 15) is 14.0 Å². The van der Waals surface area contributed by atoms with E-state index < -0.39 is 24.3 Å². The summed E-state index contributed by atoms with van der Waals surface area (Å²) < 4.78 is 29.4. The number of esters is 1. The van der Waals surface area contributed by atoms with Crippen LogP contribution in [0.5, 0.6) is 11.5 Å². The highest BCUT2D eigenvalue weighted by Crippen LogP contribution is 2.30. The van der Waals surface area contributed by atoms with Crippen molar-refractivity contribution in [2.75, 3.05) is 19.8 Å². The number of benzene rings is 2. The van der Waals surface area contributed by atoms with Crippen molar-refractivity contribution in [3.8, 4) is 11.5 Å². The molecule has 2 aromatic carbocycles. The summed E-state index contributed by atoms with van der Waals surface area (Å²) in [5.74, 6) is -0.486. The highest BCUT2D eigenvalue weighted by atomic mass is 19.1. The van der Waals surface area contributed by atoms with Gasteiger partial charge in [0.15, 0.2) is 18.1 Å². The summed E-state index contributed by atoms with van der Waals surface area (Å²) in [6.07, 6.45) is -0.338. The van der Waals surface area contributed by atoms with E-state index in [1.54, 1.807) is 19.1 Å². The van der Waals surface area contributed by atoms with Gasteiger partial charge in [0.2, 0.25) is 0 Å². The van der Waals surface area contributed by atoms with Crippen LogP contribution in [0.2, 0.25) is 0 Å². The Morgan fingerprint density at radius 3 is 2.81 bits per heavy atom. The molecule has 0 saturated heterocycles. The highest BCUT2D eigenvalue weighted by Gasteiger charge is 2.21. The van der Waals surface area contributed by atoms with Gasteiger partial charge < -0.3 is 19.5 Å². The molecular formula is C19H18FNO5. The first kappa shape index (κ1) is 17.7. The Labute approximate surface area is 149 Å². The van der Waals surface area contributed by atoms with E-state index >= 15 is 0 Å². The molecule has 1 heterocycles. The second kappa shape index (κ2) is 7.86. The summed E-state index contributed by atoms with van der Waals surface area (Å²) in [5.41, 5.74) is 0.668. The summed E-state index contributed by atoms with van der Waals surface area (Å²) in [5, 5.41) is 2.62. The average Bonchev–Trinajstić information content (AvgIpc) is 2.66. The van der Waals surface area contributed by atoms with Crippen molar-refractivity contribution in [3.05, 3.63) is 59.4 Å². The maximum absolute atomic E-state index is 13.2. The van der Waals surface area contributed by atoms with E-state index in [1.807, 2.05) is 12.1 Å². The maximum atomic E-state index is 13.2. The Bertz CT molecular complexity index is 823. The third-order valence-corrected chi connectivity index (χ3v) is 3.85. The zero-order valence-electron chi connectivity index (χ0n) is 14.2. The fraction of sp³-hybridized carbons (Fsp3) is 0.263. The number of fused-ring (bicyclic) bond motifs is 1. The lowest BCUT2D eigenvalue weighted by atomic mass is 10.1. The summed E-state index contributed by atoms with van der Waals surface area (Å²) in [6, 6.07) is 11.1. The standard InChI is InChI=1S/C19H18FNO5/c1-12-6-7-13(20)8-15(12)19(23)25-11-18(22)21-9-14-10-24-16-4-2-3-5-17(16)26-14/h2-8,14H,9-11H2,1H3,(H,21,22). The molecule has 1 N–H and O–H groups in total. The monoisotopic (exact) mass is 359 g/mol. The number of ether oxygens (including phenoxy) is 3. The van der Waals surface area contributed by atoms with Crippen LogP contribution in [0.3, 0.4) is 0 Å². The molecule has 1 aliphatic heterocycles. The first-order valence-electron chi connectivity index (χ1n) is 8.11. The average molecular weight is 359 g/mol. The molecule has 0 fully saturated rings. The second-order valence-corrected chi connectivity index (χ2v) is 5.84. The van der Waals surface area contributed by atoms with Gasteiger partial charge in [-0.2, -0.15) is 0 Å². The second-order valence-electron chi connectivity index (χ2n) is 5.84. The van der Waals surface area contributed by atoms with E-state index in [4.69, 9.17) is 14.2 Å². The van der Waals surface area contributed by atoms with E-state index in [-0.39, 0.29) is 18.2 Å². The largest absolute Gasteiger partial charge is 0.486 e. The number of amides is 1. The number of hydrogen-bond acceptors (Lipinski definition) is 5. The van der Waals surface area contributed by atoms with Crippen molar-refractivity contribution >= 4 is 11.9 Å². The van der Waals surface area contributed by atoms with Crippen molar-refractivity contribution in [2.45, 2.75) is 13.0 Å². The topological polar surface area (TPSA) is 73.9 Å². The van der Waals surface area contributed by atoms with Gasteiger partial charge in [-0.25, -0.2) is 9.18 Å². The Balaban J connectivity index is 1.45. The summed E-state index contributed by atoms with van der Waals surface area (Å²) >= 11 is 0. The number of hydrogen-bond donors (Lipinski definition) is 1. The smallest absolute Gasteiger partial charge is 0.339 e. The number of aryl methyl sites for hydroxylation is 1. The number of rotatable bonds is 5. The first-order chi connectivity index (χ1) is 12.5. The van der Waals surface area contributed by atoms with Crippen LogP contribution in [0.4, 0.5) is 4.39 Å². The first-order valence-corrected chi connectivity index (χ1v) is 8.11. The molecule has 0 aliphatic carbocycles. The zero-order valence-corrected chi connectivity index (χ0v) is 14.2. The lowest BCUT2D eigenvalue weighted by Crippen LogP contribution is -2.42. The van der Waals surface area contributed by atoms with Gasteiger partial charge >= 0.3 is 5.97 Å². The molecule has 1 atom stereocenters. The van der Waals surface area contributed by atoms with Gasteiger partial charge in [-0.3, -0.25) is 4.79 Å². The normalized spacial score (nSPS) is 15.2. The quantitative estimate of drug-likeness (QED) is 0.829. The van der Waals surface area contributed by atoms with Crippen molar-refractivity contribution in [3.63, 3.8) is 0 Å². The Kier molecular flexibility index (Phi) is 5.36. The maximum Gasteiger partial charge on any atom is 0.339 e. The molecule has 136 valence electrons. The summed E-state index contributed by atoms with van der Waals surface area (Å²) in [6.45, 7) is 1.72. The number of halogens is 1. The molecular weight excluding hydrogens is 341 g/mol. The Morgan fingerprint density at radius 1 is 1.23 bits per heavy atom. The molecule has 3 rings (SSSR count). The molecule has 0 aromatic heterocycles. The van der Waals surface area contributed by atoms with E-state index in [0.29, 0.717) is 23.7 Å². The van der Waals surface area contributed by atoms with Crippen LogP contribution >= 0.6 is 0 Å². The van der Waals surface area contributed by atoms with Crippen LogP contribution in [0.1, 0.15) is 15.9 Å². The van der Waals surface area contributed by atoms with Crippen molar-refractivity contribution < 1.29 is 28.2 Å². The minimum Gasteiger partial charge on any atom is -0.486 e. The zero-order chi connectivity index (χ0) is 18.5. The predicted molar refractivity (Wildman–Crippen MR) is 90.8 cm³/mol. The van der Waals surface area contributed by atoms with Crippen molar-refractivity contribution in [1.82, 2.24) is 5.32 Å². The SMILES string of the molecule is Cc1ccc(F)cc1C(=O)OCC(=O)NCC1COc2ccccc2O1. The molecule has 1 aliphatic rings. The molecule has 0 bridgehead atoms. The fourth-order valence-corrected chi connectivity index (χ4v) is 2.47. The number of nitrogens with one attached hydrogen (secondary N) is 1. The minimum atomic E-state index is -0.747. The lowest BCUT2D eigenvalue weighted by molar-refractivity contribution is -0.124. The molecule has 6 nitrogen and oxygen atoms in total. The molecule has 2 aromatic rings. The number of carbonyl (C=O) groups is 2. The van der Waals surface area contributed by atoms with E-state index in [2.05, 4.69) is 5.32 Å². The Morgan fingerprint density at radius 2 is 2.00 bits per heavy atom. The molecule has 1 amide bonds. The van der Waals surface area contributed by atoms with Crippen LogP contribution in [0.15, 0.2) is 42.5 Å². The van der Waals surface area contributed by atoms with Gasteiger partial charge in [0.05, 0.1) is 12.1 Å². The van der Waals surface area contributed by atoms with Crippen LogP contribution in [0.25, 0.3) is 0 Å². The van der Waals surface area contributed by atoms with Crippen LogP contribution in [0, 0.1) is 12.7 Å². The van der Waals surface area contributed by atoms with Gasteiger partial charge in [-0.05, 0) is 36.8 Å². The molecule has 26 heavy (non-hydrogen) atoms. The molecule has 0 radical (unpaired) electrons. The highest BCUT2D eigenvalue weighted by molar-refractivity contribution is 5.92. The van der Waals surface area contributed by atoms with E-state index in [0.717, 1.165) is 6.07 Å². The Hall–Kier alpha value is -3.09. The summed E-state index contributed by atoms with van der Waals surface area (Å²) in [4.78, 5) is 23.8. The van der Waals surface area contributed by atoms with Crippen LogP contribution in [-0.2, 0) is 9.53 Å². The predicted octanol–water partition coefficient (Wildman–Crippen LogP) is 2.25. The summed E-state index contributed by atoms with van der Waals surface area (Å²) in [7, 11) is 0. The number of carbonyl (C=O) groups excluding carboxylic acids is 2. The molecule has 0 spiro atoms. The van der Waals surface area contributed by atoms with Crippen molar-refractivity contribution in [1.29, 1.82) is 0 Å². The van der Waals surface area contributed by atoms with Gasteiger partial charge in [-0.15, -0.1) is 0 Å². The third kappa shape index (κ3) is 4.30. The van der Waals surface area contributed by atoms with Gasteiger partial charge in [0, 0.05) is 0 Å². The number of para-hydroxylation sites is 2. The van der Waals surface area contributed by atoms with Crippen molar-refractivity contribution in [2.24, 2.45) is 0 Å². The van der Waals surface area contributed by atoms with Gasteiger partial charge in [0.25, 0.3) is 5.91 Å². The minimum absolute atomic E-state index is 0.0958. The third-order valence-electron chi connectivity index (χ3n) is 3.85. The molecule has 7 heteroatoms. The van der Waals surface area contributed by atoms with Gasteiger partial charge in [-0.1, -0.05) is 18.2 Å². The molecule has 1 unspecified atom stereocenters. The van der Waals surface area contributed by atoms with Gasteiger partial charge in [0.1, 0.15) is 18.5 Å². The fourth-order valence-electron chi connectivity index (χ4n) is 2.47. The molecule has 0 saturated carbocycles. The lowest BCUT2D eigenvalue weighted by Gasteiger charge is -2.26. The van der Waals surface area contributed by atoms with Crippen LogP contribution < -0.4 is 14.8 Å². The van der Waals surface area contributed by atoms with E-state index in [1.165, 1.54) is 12.1 Å².